The summed E-state index contributed by atoms with van der Waals surface area (Å²) in [5.41, 5.74) is 4.29. The number of ether oxygens (including phenoxy) is 2. The van der Waals surface area contributed by atoms with Crippen LogP contribution < -0.4 is 20.1 Å². The molecule has 0 radical (unpaired) electrons. The van der Waals surface area contributed by atoms with Crippen molar-refractivity contribution >= 4 is 41.2 Å². The van der Waals surface area contributed by atoms with Crippen LogP contribution in [0, 0.1) is 13.8 Å². The number of nitrogens with zero attached hydrogens (tertiary/aromatic N) is 1. The number of aryl methyl sites for hydroxylation is 2. The number of anilines is 1. The normalized spacial score (nSPS) is 14.1. The first-order chi connectivity index (χ1) is 17.7. The largest absolute Gasteiger partial charge is 0.493 e. The van der Waals surface area contributed by atoms with Gasteiger partial charge in [0, 0.05) is 5.69 Å². The van der Waals surface area contributed by atoms with Crippen molar-refractivity contribution in [3.63, 3.8) is 0 Å². The van der Waals surface area contributed by atoms with Gasteiger partial charge in [0.2, 0.25) is 0 Å². The Morgan fingerprint density at radius 3 is 2.32 bits per heavy atom. The maximum Gasteiger partial charge on any atom is 0.329 e. The van der Waals surface area contributed by atoms with Gasteiger partial charge in [0.25, 0.3) is 11.8 Å². The molecule has 9 heteroatoms. The number of carbonyl (C=O) groups is 3. The van der Waals surface area contributed by atoms with Gasteiger partial charge in [0.05, 0.1) is 18.7 Å². The monoisotopic (exact) mass is 519 g/mol. The van der Waals surface area contributed by atoms with Crippen molar-refractivity contribution in [2.75, 3.05) is 19.0 Å². The zero-order valence-electron chi connectivity index (χ0n) is 20.6. The lowest BCUT2D eigenvalue weighted by Crippen LogP contribution is -2.30. The van der Waals surface area contributed by atoms with Crippen molar-refractivity contribution in [2.24, 2.45) is 0 Å². The van der Waals surface area contributed by atoms with Gasteiger partial charge in [-0.05, 0) is 55.3 Å². The number of nitrogens with one attached hydrogen (secondary N) is 2. The summed E-state index contributed by atoms with van der Waals surface area (Å²) in [7, 11) is 1.44. The Kier molecular flexibility index (Phi) is 7.79. The van der Waals surface area contributed by atoms with E-state index in [1.165, 1.54) is 13.2 Å². The topological polar surface area (TPSA) is 97.0 Å². The SMILES string of the molecule is COc1cc(/C=C2/NC(=O)N(Cc3ccc(C)cc3)C2=O)cc(Cl)c1OCC(=O)Nc1ccc(C)cc1. The summed E-state index contributed by atoms with van der Waals surface area (Å²) in [4.78, 5) is 38.8. The molecular formula is C28H26ClN3O5. The van der Waals surface area contributed by atoms with Crippen molar-refractivity contribution in [1.29, 1.82) is 0 Å². The maximum absolute atomic E-state index is 12.9. The molecule has 1 aliphatic heterocycles. The molecule has 0 aromatic heterocycles. The highest BCUT2D eigenvalue weighted by Crippen LogP contribution is 2.37. The van der Waals surface area contributed by atoms with Gasteiger partial charge < -0.3 is 20.1 Å². The number of benzene rings is 3. The van der Waals surface area contributed by atoms with Crippen molar-refractivity contribution in [1.82, 2.24) is 10.2 Å². The van der Waals surface area contributed by atoms with E-state index in [4.69, 9.17) is 21.1 Å². The molecule has 0 atom stereocenters. The van der Waals surface area contributed by atoms with Crippen molar-refractivity contribution in [3.8, 4) is 11.5 Å². The molecule has 2 N–H and O–H groups in total. The number of hydrogen-bond donors (Lipinski definition) is 2. The van der Waals surface area contributed by atoms with Crippen LogP contribution in [-0.2, 0) is 16.1 Å². The van der Waals surface area contributed by atoms with Gasteiger partial charge in [-0.2, -0.15) is 0 Å². The summed E-state index contributed by atoms with van der Waals surface area (Å²) in [6, 6.07) is 17.6. The minimum atomic E-state index is -0.505. The number of hydrogen-bond acceptors (Lipinski definition) is 5. The molecule has 0 aliphatic carbocycles. The van der Waals surface area contributed by atoms with Gasteiger partial charge in [-0.3, -0.25) is 14.5 Å². The van der Waals surface area contributed by atoms with E-state index in [0.29, 0.717) is 11.3 Å². The van der Waals surface area contributed by atoms with Crippen LogP contribution in [-0.4, -0.2) is 36.5 Å². The molecule has 4 rings (SSSR count). The molecular weight excluding hydrogens is 494 g/mol. The van der Waals surface area contributed by atoms with Gasteiger partial charge >= 0.3 is 6.03 Å². The molecule has 0 spiro atoms. The molecule has 1 saturated heterocycles. The van der Waals surface area contributed by atoms with E-state index in [0.717, 1.165) is 21.6 Å². The molecule has 4 amide bonds. The number of halogens is 1. The van der Waals surface area contributed by atoms with Gasteiger partial charge in [0.1, 0.15) is 5.70 Å². The zero-order valence-corrected chi connectivity index (χ0v) is 21.4. The Hall–Kier alpha value is -4.30. The zero-order chi connectivity index (χ0) is 26.5. The van der Waals surface area contributed by atoms with Crippen LogP contribution in [0.2, 0.25) is 5.02 Å². The molecule has 1 aliphatic rings. The molecule has 0 saturated carbocycles. The van der Waals surface area contributed by atoms with E-state index < -0.39 is 11.9 Å². The minimum Gasteiger partial charge on any atom is -0.493 e. The second-order valence-electron chi connectivity index (χ2n) is 8.60. The van der Waals surface area contributed by atoms with Crippen LogP contribution in [0.3, 0.4) is 0 Å². The number of rotatable bonds is 8. The Morgan fingerprint density at radius 2 is 1.68 bits per heavy atom. The average Bonchev–Trinajstić information content (AvgIpc) is 3.13. The van der Waals surface area contributed by atoms with Crippen molar-refractivity contribution < 1.29 is 23.9 Å². The molecule has 190 valence electrons. The van der Waals surface area contributed by atoms with Crippen molar-refractivity contribution in [2.45, 2.75) is 20.4 Å². The third kappa shape index (κ3) is 6.29. The first kappa shape index (κ1) is 25.8. The molecule has 0 bridgehead atoms. The predicted molar refractivity (Wildman–Crippen MR) is 142 cm³/mol. The summed E-state index contributed by atoms with van der Waals surface area (Å²) >= 11 is 6.42. The van der Waals surface area contributed by atoms with E-state index in [2.05, 4.69) is 10.6 Å². The van der Waals surface area contributed by atoms with E-state index >= 15 is 0 Å². The number of methoxy groups -OCH3 is 1. The molecule has 37 heavy (non-hydrogen) atoms. The van der Waals surface area contributed by atoms with Crippen LogP contribution in [0.25, 0.3) is 6.08 Å². The molecule has 3 aromatic carbocycles. The summed E-state index contributed by atoms with van der Waals surface area (Å²) in [6.07, 6.45) is 1.51. The molecule has 1 heterocycles. The van der Waals surface area contributed by atoms with Crippen LogP contribution in [0.1, 0.15) is 22.3 Å². The smallest absolute Gasteiger partial charge is 0.329 e. The highest BCUT2D eigenvalue weighted by Gasteiger charge is 2.33. The van der Waals surface area contributed by atoms with Crippen LogP contribution >= 0.6 is 11.6 Å². The summed E-state index contributed by atoms with van der Waals surface area (Å²) in [5.74, 6) is -0.348. The van der Waals surface area contributed by atoms with Gasteiger partial charge in [0.15, 0.2) is 18.1 Å². The molecule has 0 unspecified atom stereocenters. The van der Waals surface area contributed by atoms with E-state index in [9.17, 15) is 14.4 Å². The molecule has 1 fully saturated rings. The third-order valence-electron chi connectivity index (χ3n) is 5.67. The van der Waals surface area contributed by atoms with Gasteiger partial charge in [-0.25, -0.2) is 4.79 Å². The number of carbonyl (C=O) groups excluding carboxylic acids is 3. The lowest BCUT2D eigenvalue weighted by atomic mass is 10.1. The second-order valence-corrected chi connectivity index (χ2v) is 9.01. The predicted octanol–water partition coefficient (Wildman–Crippen LogP) is 5.08. The lowest BCUT2D eigenvalue weighted by Gasteiger charge is -2.14. The Labute approximate surface area is 219 Å². The Bertz CT molecular complexity index is 1370. The fourth-order valence-electron chi connectivity index (χ4n) is 3.69. The first-order valence-electron chi connectivity index (χ1n) is 11.5. The number of amides is 4. The van der Waals surface area contributed by atoms with Crippen molar-refractivity contribution in [3.05, 3.63) is 93.6 Å². The fraction of sp³-hybridized carbons (Fsp3) is 0.179. The lowest BCUT2D eigenvalue weighted by molar-refractivity contribution is -0.123. The highest BCUT2D eigenvalue weighted by atomic mass is 35.5. The average molecular weight is 520 g/mol. The quantitative estimate of drug-likeness (QED) is 0.320. The van der Waals surface area contributed by atoms with Crippen LogP contribution in [0.15, 0.2) is 66.4 Å². The minimum absolute atomic E-state index is 0.112. The maximum atomic E-state index is 12.9. The summed E-state index contributed by atoms with van der Waals surface area (Å²) in [6.45, 7) is 3.80. The number of urea groups is 1. The number of imide groups is 1. The summed E-state index contributed by atoms with van der Waals surface area (Å²) < 4.78 is 11.0. The van der Waals surface area contributed by atoms with E-state index in [1.807, 2.05) is 50.2 Å². The van der Waals surface area contributed by atoms with Gasteiger partial charge in [-0.1, -0.05) is 59.1 Å². The van der Waals surface area contributed by atoms with Gasteiger partial charge in [-0.15, -0.1) is 0 Å². The Balaban J connectivity index is 1.45. The Morgan fingerprint density at radius 1 is 1.03 bits per heavy atom. The van der Waals surface area contributed by atoms with E-state index in [-0.39, 0.29) is 41.3 Å². The van der Waals surface area contributed by atoms with Crippen LogP contribution in [0.4, 0.5) is 10.5 Å². The molecule has 3 aromatic rings. The third-order valence-corrected chi connectivity index (χ3v) is 5.95. The molecule has 8 nitrogen and oxygen atoms in total. The standard InChI is InChI=1S/C28H26ClN3O5/c1-17-4-8-19(9-5-17)15-32-27(34)23(31-28(32)35)13-20-12-22(29)26(24(14-20)36-3)37-16-25(33)30-21-10-6-18(2)7-11-21/h4-14H,15-16H2,1-3H3,(H,30,33)(H,31,35)/b23-13+. The second kappa shape index (κ2) is 11.2. The summed E-state index contributed by atoms with van der Waals surface area (Å²) in [5, 5.41) is 5.53. The first-order valence-corrected chi connectivity index (χ1v) is 11.9. The highest BCUT2D eigenvalue weighted by molar-refractivity contribution is 6.32. The van der Waals surface area contributed by atoms with E-state index in [1.54, 1.807) is 24.3 Å². The van der Waals surface area contributed by atoms with Crippen LogP contribution in [0.5, 0.6) is 11.5 Å². The fourth-order valence-corrected chi connectivity index (χ4v) is 3.97.